The molecule has 0 aliphatic heterocycles. The van der Waals surface area contributed by atoms with E-state index in [0.29, 0.717) is 17.1 Å². The number of nitrogens with zero attached hydrogens (tertiary/aromatic N) is 4. The van der Waals surface area contributed by atoms with Crippen molar-refractivity contribution >= 4 is 23.2 Å². The summed E-state index contributed by atoms with van der Waals surface area (Å²) in [7, 11) is 0. The van der Waals surface area contributed by atoms with E-state index in [2.05, 4.69) is 20.8 Å². The van der Waals surface area contributed by atoms with Gasteiger partial charge in [-0.1, -0.05) is 23.7 Å². The van der Waals surface area contributed by atoms with Crippen LogP contribution in [0.1, 0.15) is 30.2 Å². The maximum atomic E-state index is 13.2. The van der Waals surface area contributed by atoms with Gasteiger partial charge in [-0.3, -0.25) is 4.79 Å². The Hall–Kier alpha value is -2.80. The highest BCUT2D eigenvalue weighted by Gasteiger charge is 2.14. The number of tetrazole rings is 1. The van der Waals surface area contributed by atoms with Gasteiger partial charge in [-0.2, -0.15) is 0 Å². The summed E-state index contributed by atoms with van der Waals surface area (Å²) in [6.07, 6.45) is 0. The van der Waals surface area contributed by atoms with Crippen LogP contribution in [-0.4, -0.2) is 26.1 Å². The fraction of sp³-hybridized carbons (Fsp3) is 0.176. The minimum atomic E-state index is -0.540. The second-order valence-electron chi connectivity index (χ2n) is 5.70. The molecule has 6 nitrogen and oxygen atoms in total. The molecule has 1 N–H and O–H groups in total. The van der Waals surface area contributed by atoms with E-state index >= 15 is 0 Å². The smallest absolute Gasteiger partial charge is 0.255 e. The zero-order valence-corrected chi connectivity index (χ0v) is 14.3. The number of carbonyl (C=O) groups excluding carboxylic acids is 1. The molecule has 25 heavy (non-hydrogen) atoms. The summed E-state index contributed by atoms with van der Waals surface area (Å²) >= 11 is 5.73. The molecule has 0 saturated heterocycles. The van der Waals surface area contributed by atoms with Crippen molar-refractivity contribution in [2.45, 2.75) is 19.9 Å². The van der Waals surface area contributed by atoms with Crippen LogP contribution < -0.4 is 5.32 Å². The van der Waals surface area contributed by atoms with E-state index in [-0.39, 0.29) is 17.0 Å². The van der Waals surface area contributed by atoms with Crippen LogP contribution in [0.25, 0.3) is 11.4 Å². The molecule has 0 atom stereocenters. The van der Waals surface area contributed by atoms with Crippen molar-refractivity contribution < 1.29 is 9.18 Å². The normalized spacial score (nSPS) is 10.9. The van der Waals surface area contributed by atoms with Gasteiger partial charge in [0.25, 0.3) is 5.91 Å². The van der Waals surface area contributed by atoms with Crippen molar-refractivity contribution in [1.29, 1.82) is 0 Å². The van der Waals surface area contributed by atoms with E-state index in [0.717, 1.165) is 5.56 Å². The van der Waals surface area contributed by atoms with Crippen LogP contribution in [0.3, 0.4) is 0 Å². The summed E-state index contributed by atoms with van der Waals surface area (Å²) in [5, 5.41) is 14.3. The van der Waals surface area contributed by atoms with E-state index < -0.39 is 5.82 Å². The molecule has 1 aromatic heterocycles. The van der Waals surface area contributed by atoms with Gasteiger partial charge in [0.1, 0.15) is 5.82 Å². The number of benzene rings is 2. The molecule has 3 aromatic rings. The topological polar surface area (TPSA) is 72.7 Å². The SMILES string of the molecule is CC(C)n1nnnc1-c1cccc(C(=O)Nc2ccc(F)c(Cl)c2)c1. The van der Waals surface area contributed by atoms with Crippen molar-refractivity contribution in [2.24, 2.45) is 0 Å². The number of rotatable bonds is 4. The third-order valence-electron chi connectivity index (χ3n) is 3.54. The quantitative estimate of drug-likeness (QED) is 0.765. The molecule has 0 saturated carbocycles. The van der Waals surface area contributed by atoms with E-state index in [4.69, 9.17) is 11.6 Å². The van der Waals surface area contributed by atoms with Crippen molar-refractivity contribution in [2.75, 3.05) is 5.32 Å². The third-order valence-corrected chi connectivity index (χ3v) is 3.83. The Kier molecular flexibility index (Phi) is 4.76. The van der Waals surface area contributed by atoms with Crippen molar-refractivity contribution in [3.8, 4) is 11.4 Å². The first-order valence-electron chi connectivity index (χ1n) is 7.60. The lowest BCUT2D eigenvalue weighted by Gasteiger charge is -2.09. The van der Waals surface area contributed by atoms with Gasteiger partial charge in [0.05, 0.1) is 11.1 Å². The van der Waals surface area contributed by atoms with Gasteiger partial charge in [0.15, 0.2) is 5.82 Å². The molecule has 0 fully saturated rings. The first-order chi connectivity index (χ1) is 12.0. The summed E-state index contributed by atoms with van der Waals surface area (Å²) in [5.41, 5.74) is 1.56. The lowest BCUT2D eigenvalue weighted by molar-refractivity contribution is 0.102. The number of hydrogen-bond donors (Lipinski definition) is 1. The number of anilines is 1. The molecule has 0 bridgehead atoms. The molecule has 128 valence electrons. The number of hydrogen-bond acceptors (Lipinski definition) is 4. The van der Waals surface area contributed by atoms with E-state index in [9.17, 15) is 9.18 Å². The van der Waals surface area contributed by atoms with Crippen LogP contribution in [0.5, 0.6) is 0 Å². The Morgan fingerprint density at radius 2 is 2.04 bits per heavy atom. The second kappa shape index (κ2) is 6.98. The fourth-order valence-electron chi connectivity index (χ4n) is 2.31. The maximum Gasteiger partial charge on any atom is 0.255 e. The van der Waals surface area contributed by atoms with Gasteiger partial charge in [-0.05, 0) is 54.6 Å². The number of nitrogens with one attached hydrogen (secondary N) is 1. The molecule has 0 aliphatic rings. The highest BCUT2D eigenvalue weighted by molar-refractivity contribution is 6.31. The largest absolute Gasteiger partial charge is 0.322 e. The molecule has 0 spiro atoms. The number of halogens is 2. The van der Waals surface area contributed by atoms with E-state index in [1.165, 1.54) is 18.2 Å². The second-order valence-corrected chi connectivity index (χ2v) is 6.11. The van der Waals surface area contributed by atoms with Crippen LogP contribution in [0, 0.1) is 5.82 Å². The predicted octanol–water partition coefficient (Wildman–Crippen LogP) is 3.97. The summed E-state index contributed by atoms with van der Waals surface area (Å²) in [6, 6.07) is 11.0. The van der Waals surface area contributed by atoms with Crippen LogP contribution >= 0.6 is 11.6 Å². The lowest BCUT2D eigenvalue weighted by atomic mass is 10.1. The number of amides is 1. The molecule has 0 aliphatic carbocycles. The Morgan fingerprint density at radius 1 is 1.24 bits per heavy atom. The molecule has 2 aromatic carbocycles. The average molecular weight is 360 g/mol. The van der Waals surface area contributed by atoms with Gasteiger partial charge < -0.3 is 5.32 Å². The van der Waals surface area contributed by atoms with Crippen molar-refractivity contribution in [1.82, 2.24) is 20.2 Å². The minimum Gasteiger partial charge on any atom is -0.322 e. The molecule has 1 amide bonds. The highest BCUT2D eigenvalue weighted by atomic mass is 35.5. The van der Waals surface area contributed by atoms with Gasteiger partial charge in [-0.15, -0.1) is 5.10 Å². The first-order valence-corrected chi connectivity index (χ1v) is 7.98. The highest BCUT2D eigenvalue weighted by Crippen LogP contribution is 2.22. The predicted molar refractivity (Wildman–Crippen MR) is 93.0 cm³/mol. The molecule has 8 heteroatoms. The molecule has 1 heterocycles. The summed E-state index contributed by atoms with van der Waals surface area (Å²) < 4.78 is 14.9. The van der Waals surface area contributed by atoms with Gasteiger partial charge in [0.2, 0.25) is 0 Å². The van der Waals surface area contributed by atoms with E-state index in [1.807, 2.05) is 19.9 Å². The van der Waals surface area contributed by atoms with Crippen LogP contribution in [0.15, 0.2) is 42.5 Å². The minimum absolute atomic E-state index is 0.0531. The number of carbonyl (C=O) groups is 1. The summed E-state index contributed by atoms with van der Waals surface area (Å²) in [6.45, 7) is 3.93. The molecular weight excluding hydrogens is 345 g/mol. The maximum absolute atomic E-state index is 13.2. The Balaban J connectivity index is 1.87. The van der Waals surface area contributed by atoms with Gasteiger partial charge >= 0.3 is 0 Å². The summed E-state index contributed by atoms with van der Waals surface area (Å²) in [4.78, 5) is 12.4. The number of aromatic nitrogens is 4. The zero-order chi connectivity index (χ0) is 18.0. The van der Waals surface area contributed by atoms with Gasteiger partial charge in [-0.25, -0.2) is 9.07 Å². The molecule has 0 radical (unpaired) electrons. The molecule has 0 unspecified atom stereocenters. The monoisotopic (exact) mass is 359 g/mol. The summed E-state index contributed by atoms with van der Waals surface area (Å²) in [5.74, 6) is -0.301. The fourth-order valence-corrected chi connectivity index (χ4v) is 2.49. The lowest BCUT2D eigenvalue weighted by Crippen LogP contribution is -2.12. The standard InChI is InChI=1S/C17H15ClFN5O/c1-10(2)24-16(21-22-23-24)11-4-3-5-12(8-11)17(25)20-13-6-7-15(19)14(18)9-13/h3-10H,1-2H3,(H,20,25). The van der Waals surface area contributed by atoms with Crippen LogP contribution in [0.2, 0.25) is 5.02 Å². The average Bonchev–Trinajstić information content (AvgIpc) is 3.08. The van der Waals surface area contributed by atoms with Crippen LogP contribution in [-0.2, 0) is 0 Å². The Morgan fingerprint density at radius 3 is 2.76 bits per heavy atom. The third kappa shape index (κ3) is 3.66. The zero-order valence-electron chi connectivity index (χ0n) is 13.6. The van der Waals surface area contributed by atoms with E-state index in [1.54, 1.807) is 22.9 Å². The van der Waals surface area contributed by atoms with Crippen molar-refractivity contribution in [3.05, 3.63) is 58.9 Å². The Bertz CT molecular complexity index is 925. The van der Waals surface area contributed by atoms with Crippen molar-refractivity contribution in [3.63, 3.8) is 0 Å². The first kappa shape index (κ1) is 17.0. The van der Waals surface area contributed by atoms with Gasteiger partial charge in [0, 0.05) is 16.8 Å². The molecular formula is C17H15ClFN5O. The Labute approximate surface area is 148 Å². The molecule has 3 rings (SSSR count). The van der Waals surface area contributed by atoms with Crippen LogP contribution in [0.4, 0.5) is 10.1 Å².